The Labute approximate surface area is 323 Å². The highest BCUT2D eigenvalue weighted by molar-refractivity contribution is 5.67. The molecular formula is C39H54N10O6. The number of hydrogen-bond acceptors (Lipinski definition) is 14. The molecule has 16 nitrogen and oxygen atoms in total. The van der Waals surface area contributed by atoms with E-state index in [-0.39, 0.29) is 24.4 Å². The van der Waals surface area contributed by atoms with Gasteiger partial charge in [-0.05, 0) is 64.2 Å². The second kappa shape index (κ2) is 20.3. The third-order valence-electron chi connectivity index (χ3n) is 9.75. The van der Waals surface area contributed by atoms with E-state index >= 15 is 0 Å². The molecule has 3 aromatic heterocycles. The summed E-state index contributed by atoms with van der Waals surface area (Å²) >= 11 is 0. The van der Waals surface area contributed by atoms with Crippen LogP contribution in [0.3, 0.4) is 0 Å². The molecule has 55 heavy (non-hydrogen) atoms. The highest BCUT2D eigenvalue weighted by Crippen LogP contribution is 2.35. The smallest absolute Gasteiger partial charge is 0.256 e. The van der Waals surface area contributed by atoms with E-state index in [1.165, 1.54) is 6.33 Å². The number of nitrogens with one attached hydrogen (secondary N) is 1. The summed E-state index contributed by atoms with van der Waals surface area (Å²) in [6.07, 6.45) is 13.9. The van der Waals surface area contributed by atoms with E-state index in [0.29, 0.717) is 87.5 Å². The summed E-state index contributed by atoms with van der Waals surface area (Å²) in [4.78, 5) is 15.9. The number of methoxy groups -OCH3 is 1. The van der Waals surface area contributed by atoms with E-state index in [9.17, 15) is 5.26 Å². The van der Waals surface area contributed by atoms with Crippen LogP contribution in [0.2, 0.25) is 0 Å². The van der Waals surface area contributed by atoms with Crippen molar-refractivity contribution in [3.63, 3.8) is 0 Å². The third-order valence-corrected chi connectivity index (χ3v) is 9.75. The molecule has 16 heteroatoms. The molecule has 1 aromatic carbocycles. The van der Waals surface area contributed by atoms with Crippen LogP contribution in [0, 0.1) is 11.3 Å². The molecular weight excluding hydrogens is 704 g/mol. The maximum Gasteiger partial charge on any atom is 0.256 e. The molecule has 3 atom stereocenters. The topological polar surface area (TPSA) is 169 Å². The number of nitrogens with zero attached hydrogens (tertiary/aromatic N) is 9. The molecule has 2 fully saturated rings. The normalized spacial score (nSPS) is 20.9. The highest BCUT2D eigenvalue weighted by atomic mass is 16.5. The van der Waals surface area contributed by atoms with Crippen molar-refractivity contribution in [1.29, 1.82) is 5.26 Å². The van der Waals surface area contributed by atoms with Crippen LogP contribution in [0.5, 0.6) is 11.6 Å². The van der Waals surface area contributed by atoms with Crippen molar-refractivity contribution < 1.29 is 28.4 Å². The molecule has 4 heterocycles. The van der Waals surface area contributed by atoms with Gasteiger partial charge in [0, 0.05) is 57.2 Å². The van der Waals surface area contributed by atoms with Gasteiger partial charge >= 0.3 is 0 Å². The lowest BCUT2D eigenvalue weighted by atomic mass is 9.89. The van der Waals surface area contributed by atoms with Gasteiger partial charge < -0.3 is 33.7 Å². The molecule has 0 spiro atoms. The first-order valence-corrected chi connectivity index (χ1v) is 19.3. The molecule has 0 radical (unpaired) electrons. The van der Waals surface area contributed by atoms with Crippen LogP contribution in [0.4, 0.5) is 11.6 Å². The van der Waals surface area contributed by atoms with Crippen molar-refractivity contribution in [2.45, 2.75) is 89.8 Å². The number of anilines is 2. The van der Waals surface area contributed by atoms with Crippen molar-refractivity contribution >= 4 is 11.6 Å². The van der Waals surface area contributed by atoms with Gasteiger partial charge in [0.25, 0.3) is 5.88 Å². The zero-order valence-corrected chi connectivity index (χ0v) is 32.4. The average Bonchev–Trinajstić information content (AvgIpc) is 3.85. The molecule has 0 bridgehead atoms. The standard InChI is InChI=1S/C39H54N10O6/c1-28-22-47(23-29(2)54-28)34-8-10-35(11-9-34)49-25-36(38(46-49)53-13-5-12-51-16-17-52-15-14-50-4)45-39-42-20-33(21-43-39)31-6-7-32(19-40)37(18-31)55-30(3)24-48-27-41-26-44-48/h6-7,18,20-21,25-30,34-35H,5,8-17,22-24H2,1-4H3,(H,42,43,45)/t28-,29+,30-,34-,35-/m0/s1. The number of nitriles is 1. The third kappa shape index (κ3) is 11.7. The predicted molar refractivity (Wildman–Crippen MR) is 204 cm³/mol. The Morgan fingerprint density at radius 2 is 1.67 bits per heavy atom. The molecule has 0 amide bonds. The summed E-state index contributed by atoms with van der Waals surface area (Å²) in [7, 11) is 1.65. The molecule has 1 aliphatic carbocycles. The first-order valence-electron chi connectivity index (χ1n) is 19.3. The minimum Gasteiger partial charge on any atom is -0.487 e. The Morgan fingerprint density at radius 3 is 2.38 bits per heavy atom. The van der Waals surface area contributed by atoms with Gasteiger partial charge in [0.15, 0.2) is 0 Å². The molecule has 1 N–H and O–H groups in total. The van der Waals surface area contributed by atoms with Gasteiger partial charge in [-0.2, -0.15) is 10.4 Å². The Balaban J connectivity index is 1.09. The maximum absolute atomic E-state index is 9.72. The van der Waals surface area contributed by atoms with Crippen molar-refractivity contribution in [1.82, 2.24) is 39.4 Å². The van der Waals surface area contributed by atoms with Gasteiger partial charge in [0.2, 0.25) is 5.95 Å². The van der Waals surface area contributed by atoms with Crippen molar-refractivity contribution in [2.24, 2.45) is 0 Å². The average molecular weight is 759 g/mol. The number of rotatable bonds is 20. The van der Waals surface area contributed by atoms with E-state index in [1.54, 1.807) is 36.6 Å². The van der Waals surface area contributed by atoms with Gasteiger partial charge in [-0.3, -0.25) is 9.58 Å². The van der Waals surface area contributed by atoms with Gasteiger partial charge in [-0.25, -0.2) is 19.6 Å². The molecule has 1 saturated carbocycles. The Kier molecular flexibility index (Phi) is 14.8. The summed E-state index contributed by atoms with van der Waals surface area (Å²) in [5.41, 5.74) is 2.75. The van der Waals surface area contributed by atoms with Crippen molar-refractivity contribution in [2.75, 3.05) is 65.2 Å². The number of benzene rings is 1. The fourth-order valence-electron chi connectivity index (χ4n) is 7.15. The number of ether oxygens (including phenoxy) is 6. The molecule has 1 saturated heterocycles. The number of morpholine rings is 1. The van der Waals surface area contributed by atoms with Crippen LogP contribution >= 0.6 is 0 Å². The maximum atomic E-state index is 9.72. The first kappa shape index (κ1) is 40.0. The fourth-order valence-corrected chi connectivity index (χ4v) is 7.15. The first-order chi connectivity index (χ1) is 26.9. The second-order valence-electron chi connectivity index (χ2n) is 14.2. The summed E-state index contributed by atoms with van der Waals surface area (Å²) in [5, 5.41) is 22.1. The lowest BCUT2D eigenvalue weighted by molar-refractivity contribution is -0.0852. The summed E-state index contributed by atoms with van der Waals surface area (Å²) in [6, 6.07) is 8.49. The Morgan fingerprint density at radius 1 is 0.945 bits per heavy atom. The predicted octanol–water partition coefficient (Wildman–Crippen LogP) is 5.06. The van der Waals surface area contributed by atoms with Crippen LogP contribution in [-0.4, -0.2) is 124 Å². The van der Waals surface area contributed by atoms with Crippen LogP contribution < -0.4 is 14.8 Å². The van der Waals surface area contributed by atoms with Crippen molar-refractivity contribution in [3.05, 3.63) is 55.0 Å². The molecule has 2 aliphatic rings. The van der Waals surface area contributed by atoms with Gasteiger partial charge in [0.1, 0.15) is 36.3 Å². The molecule has 1 aliphatic heterocycles. The monoisotopic (exact) mass is 758 g/mol. The Bertz CT molecular complexity index is 1760. The number of aromatic nitrogens is 7. The molecule has 296 valence electrons. The highest BCUT2D eigenvalue weighted by Gasteiger charge is 2.32. The summed E-state index contributed by atoms with van der Waals surface area (Å²) in [5.74, 6) is 1.39. The second-order valence-corrected chi connectivity index (χ2v) is 14.2. The number of hydrogen-bond donors (Lipinski definition) is 1. The minimum atomic E-state index is -0.241. The molecule has 0 unspecified atom stereocenters. The SMILES string of the molecule is COCCOCCOCCCOc1nn([C@H]2CC[C@H](N3C[C@@H](C)O[C@@H](C)C3)CC2)cc1Nc1ncc(-c2ccc(C#N)c(O[C@@H](C)Cn3cncn3)c2)cn1. The van der Waals surface area contributed by atoms with Crippen LogP contribution in [0.25, 0.3) is 11.1 Å². The molecule has 6 rings (SSSR count). The van der Waals surface area contributed by atoms with E-state index in [0.717, 1.165) is 49.9 Å². The lowest BCUT2D eigenvalue weighted by Gasteiger charge is -2.42. The van der Waals surface area contributed by atoms with Crippen molar-refractivity contribution in [3.8, 4) is 28.8 Å². The van der Waals surface area contributed by atoms with E-state index < -0.39 is 0 Å². The quantitative estimate of drug-likeness (QED) is 0.119. The lowest BCUT2D eigenvalue weighted by Crippen LogP contribution is -2.51. The van der Waals surface area contributed by atoms with E-state index in [2.05, 4.69) is 50.2 Å². The zero-order valence-electron chi connectivity index (χ0n) is 32.4. The fraction of sp³-hybridized carbons (Fsp3) is 0.590. The van der Waals surface area contributed by atoms with E-state index in [4.69, 9.17) is 33.5 Å². The summed E-state index contributed by atoms with van der Waals surface area (Å²) in [6.45, 7) is 11.9. The minimum absolute atomic E-state index is 0.241. The molecule has 4 aromatic rings. The Hall–Kier alpha value is -4.66. The van der Waals surface area contributed by atoms with Crippen LogP contribution in [0.15, 0.2) is 49.4 Å². The van der Waals surface area contributed by atoms with E-state index in [1.807, 2.05) is 29.9 Å². The van der Waals surface area contributed by atoms with Gasteiger partial charge in [0.05, 0.1) is 69.6 Å². The van der Waals surface area contributed by atoms with Gasteiger partial charge in [-0.15, -0.1) is 5.10 Å². The largest absolute Gasteiger partial charge is 0.487 e. The summed E-state index contributed by atoms with van der Waals surface area (Å²) < 4.78 is 38.3. The van der Waals surface area contributed by atoms with Crippen LogP contribution in [-0.2, 0) is 25.5 Å². The van der Waals surface area contributed by atoms with Gasteiger partial charge in [-0.1, -0.05) is 6.07 Å². The van der Waals surface area contributed by atoms with Crippen LogP contribution in [0.1, 0.15) is 64.5 Å². The zero-order chi connectivity index (χ0) is 38.4.